The summed E-state index contributed by atoms with van der Waals surface area (Å²) in [5, 5.41) is 19.6. The van der Waals surface area contributed by atoms with Crippen molar-refractivity contribution in [2.45, 2.75) is 33.4 Å². The maximum Gasteiger partial charge on any atom is 0.400 e. The molecule has 0 aliphatic carbocycles. The minimum atomic E-state index is -0.726. The largest absolute Gasteiger partial charge is 0.455 e. The first-order valence-electron chi connectivity index (χ1n) is 5.34. The summed E-state index contributed by atoms with van der Waals surface area (Å²) in [5.74, 6) is -0.744. The average Bonchev–Trinajstić information content (AvgIpc) is 2.73. The molecule has 0 fully saturated rings. The molecule has 96 valence electrons. The van der Waals surface area contributed by atoms with Crippen LogP contribution in [0, 0.1) is 21.4 Å². The van der Waals surface area contributed by atoms with Crippen LogP contribution in [0.15, 0.2) is 0 Å². The van der Waals surface area contributed by atoms with E-state index in [0.29, 0.717) is 6.54 Å². The summed E-state index contributed by atoms with van der Waals surface area (Å²) in [4.78, 5) is 24.7. The zero-order valence-corrected chi connectivity index (χ0v) is 10.0. The van der Waals surface area contributed by atoms with Gasteiger partial charge in [0.25, 0.3) is 5.82 Å². The predicted octanol–water partition coefficient (Wildman–Crippen LogP) is 1.14. The molecule has 1 aromatic heterocycles. The van der Waals surface area contributed by atoms with Crippen LogP contribution in [0.3, 0.4) is 0 Å². The van der Waals surface area contributed by atoms with E-state index in [4.69, 9.17) is 10.00 Å². The van der Waals surface area contributed by atoms with Gasteiger partial charge in [-0.2, -0.15) is 5.26 Å². The maximum atomic E-state index is 11.0. The molecule has 1 aromatic rings. The molecule has 0 unspecified atom stereocenters. The van der Waals surface area contributed by atoms with Gasteiger partial charge in [-0.1, -0.05) is 6.92 Å². The highest BCUT2D eigenvalue weighted by Gasteiger charge is 2.27. The van der Waals surface area contributed by atoms with Crippen molar-refractivity contribution in [3.05, 3.63) is 21.6 Å². The van der Waals surface area contributed by atoms with Crippen LogP contribution in [0.25, 0.3) is 0 Å². The Kier molecular flexibility index (Phi) is 4.37. The Morgan fingerprint density at radius 2 is 2.28 bits per heavy atom. The zero-order valence-electron chi connectivity index (χ0n) is 10.0. The molecule has 1 rings (SSSR count). The van der Waals surface area contributed by atoms with E-state index in [0.717, 1.165) is 0 Å². The third-order valence-electron chi connectivity index (χ3n) is 2.27. The van der Waals surface area contributed by atoms with Crippen molar-refractivity contribution in [3.8, 4) is 6.07 Å². The van der Waals surface area contributed by atoms with Gasteiger partial charge in [0.15, 0.2) is 6.61 Å². The Morgan fingerprint density at radius 3 is 2.72 bits per heavy atom. The molecule has 0 amide bonds. The topological polar surface area (TPSA) is 111 Å². The van der Waals surface area contributed by atoms with E-state index in [1.54, 1.807) is 19.9 Å². The second-order valence-electron chi connectivity index (χ2n) is 3.33. The van der Waals surface area contributed by atoms with Crippen molar-refractivity contribution >= 4 is 11.8 Å². The number of nitro groups is 1. The van der Waals surface area contributed by atoms with E-state index in [1.165, 1.54) is 4.57 Å². The lowest BCUT2D eigenvalue weighted by atomic mass is 10.4. The zero-order chi connectivity index (χ0) is 13.7. The van der Waals surface area contributed by atoms with Crippen molar-refractivity contribution in [3.63, 3.8) is 0 Å². The monoisotopic (exact) mass is 252 g/mol. The highest BCUT2D eigenvalue weighted by Crippen LogP contribution is 2.19. The van der Waals surface area contributed by atoms with Crippen LogP contribution in [-0.4, -0.2) is 20.4 Å². The molecule has 0 saturated carbocycles. The molecular formula is C10H12N4O4. The number of hydrogen-bond donors (Lipinski definition) is 0. The Bertz CT molecular complexity index is 515. The molecule has 0 aliphatic heterocycles. The number of esters is 1. The van der Waals surface area contributed by atoms with Crippen LogP contribution in [0.1, 0.15) is 31.8 Å². The number of imidazole rings is 1. The van der Waals surface area contributed by atoms with E-state index in [1.807, 2.05) is 0 Å². The highest BCUT2D eigenvalue weighted by molar-refractivity contribution is 5.68. The Balaban J connectivity index is 3.09. The SMILES string of the molecule is CCC(=O)OCc1nc([N+](=O)[O-])c(C#N)n1CC. The second-order valence-corrected chi connectivity index (χ2v) is 3.33. The first-order valence-corrected chi connectivity index (χ1v) is 5.34. The number of hydrogen-bond acceptors (Lipinski definition) is 6. The Hall–Kier alpha value is -2.43. The van der Waals surface area contributed by atoms with Crippen molar-refractivity contribution < 1.29 is 14.5 Å². The number of ether oxygens (including phenoxy) is 1. The highest BCUT2D eigenvalue weighted by atomic mass is 16.6. The summed E-state index contributed by atoms with van der Waals surface area (Å²) >= 11 is 0. The van der Waals surface area contributed by atoms with Gasteiger partial charge in [0.2, 0.25) is 5.69 Å². The lowest BCUT2D eigenvalue weighted by molar-refractivity contribution is -0.389. The fraction of sp³-hybridized carbons (Fsp3) is 0.500. The molecule has 18 heavy (non-hydrogen) atoms. The first kappa shape index (κ1) is 13.6. The Morgan fingerprint density at radius 1 is 1.61 bits per heavy atom. The maximum absolute atomic E-state index is 11.0. The number of nitriles is 1. The van der Waals surface area contributed by atoms with Gasteiger partial charge in [0.05, 0.1) is 0 Å². The molecule has 0 bridgehead atoms. The van der Waals surface area contributed by atoms with Crippen LogP contribution in [-0.2, 0) is 22.7 Å². The average molecular weight is 252 g/mol. The van der Waals surface area contributed by atoms with Crippen molar-refractivity contribution in [2.24, 2.45) is 0 Å². The minimum Gasteiger partial charge on any atom is -0.455 e. The fourth-order valence-corrected chi connectivity index (χ4v) is 1.42. The lowest BCUT2D eigenvalue weighted by Gasteiger charge is -2.02. The fourth-order valence-electron chi connectivity index (χ4n) is 1.42. The summed E-state index contributed by atoms with van der Waals surface area (Å²) < 4.78 is 6.22. The summed E-state index contributed by atoms with van der Waals surface area (Å²) in [7, 11) is 0. The van der Waals surface area contributed by atoms with E-state index < -0.39 is 16.7 Å². The van der Waals surface area contributed by atoms with E-state index in [-0.39, 0.29) is 24.5 Å². The standard InChI is InChI=1S/C10H12N4O4/c1-3-9(15)18-6-8-12-10(14(16)17)7(5-11)13(8)4-2/h3-4,6H2,1-2H3. The molecule has 0 spiro atoms. The Labute approximate surface area is 103 Å². The second kappa shape index (κ2) is 5.77. The number of carbonyl (C=O) groups is 1. The van der Waals surface area contributed by atoms with E-state index in [2.05, 4.69) is 4.98 Å². The molecule has 8 nitrogen and oxygen atoms in total. The van der Waals surface area contributed by atoms with E-state index >= 15 is 0 Å². The number of carbonyl (C=O) groups excluding carboxylic acids is 1. The van der Waals surface area contributed by atoms with Crippen molar-refractivity contribution in [1.29, 1.82) is 5.26 Å². The van der Waals surface area contributed by atoms with Gasteiger partial charge in [-0.25, -0.2) is 0 Å². The summed E-state index contributed by atoms with van der Waals surface area (Å²) in [6.45, 7) is 3.51. The van der Waals surface area contributed by atoms with Gasteiger partial charge in [0.1, 0.15) is 6.07 Å². The molecule has 0 aromatic carbocycles. The first-order chi connectivity index (χ1) is 8.54. The molecular weight excluding hydrogens is 240 g/mol. The molecule has 1 heterocycles. The van der Waals surface area contributed by atoms with Crippen molar-refractivity contribution in [2.75, 3.05) is 0 Å². The number of aromatic nitrogens is 2. The normalized spacial score (nSPS) is 9.83. The lowest BCUT2D eigenvalue weighted by Crippen LogP contribution is -2.09. The van der Waals surface area contributed by atoms with Gasteiger partial charge in [-0.15, -0.1) is 0 Å². The smallest absolute Gasteiger partial charge is 0.400 e. The number of nitrogens with zero attached hydrogens (tertiary/aromatic N) is 4. The van der Waals surface area contributed by atoms with Gasteiger partial charge in [-0.3, -0.25) is 9.36 Å². The van der Waals surface area contributed by atoms with Gasteiger partial charge < -0.3 is 14.9 Å². The summed E-state index contributed by atoms with van der Waals surface area (Å²) in [5.41, 5.74) is -0.134. The van der Waals surface area contributed by atoms with Gasteiger partial charge >= 0.3 is 11.8 Å². The minimum absolute atomic E-state index is 0.134. The van der Waals surface area contributed by atoms with Crippen LogP contribution in [0.5, 0.6) is 0 Å². The van der Waals surface area contributed by atoms with E-state index in [9.17, 15) is 14.9 Å². The summed E-state index contributed by atoms with van der Waals surface area (Å²) in [6, 6.07) is 1.74. The van der Waals surface area contributed by atoms with Gasteiger partial charge in [0, 0.05) is 13.0 Å². The van der Waals surface area contributed by atoms with Crippen molar-refractivity contribution in [1.82, 2.24) is 9.55 Å². The quantitative estimate of drug-likeness (QED) is 0.441. The summed E-state index contributed by atoms with van der Waals surface area (Å²) in [6.07, 6.45) is 0.208. The van der Waals surface area contributed by atoms with Gasteiger partial charge in [-0.05, 0) is 16.8 Å². The van der Waals surface area contributed by atoms with Crippen LogP contribution in [0.2, 0.25) is 0 Å². The van der Waals surface area contributed by atoms with Crippen LogP contribution >= 0.6 is 0 Å². The third kappa shape index (κ3) is 2.63. The van der Waals surface area contributed by atoms with Crippen LogP contribution < -0.4 is 0 Å². The molecule has 0 aliphatic rings. The van der Waals surface area contributed by atoms with Crippen LogP contribution in [0.4, 0.5) is 5.82 Å². The molecule has 0 radical (unpaired) electrons. The number of rotatable bonds is 5. The third-order valence-corrected chi connectivity index (χ3v) is 2.27. The molecule has 8 heteroatoms. The molecule has 0 N–H and O–H groups in total. The predicted molar refractivity (Wildman–Crippen MR) is 59.4 cm³/mol. The molecule has 0 atom stereocenters. The molecule has 0 saturated heterocycles.